The molecule has 0 amide bonds. The molecular formula is C13H11N2O3-. The van der Waals surface area contributed by atoms with Gasteiger partial charge in [0.25, 0.3) is 0 Å². The maximum atomic E-state index is 11.0. The van der Waals surface area contributed by atoms with E-state index < -0.39 is 5.97 Å². The van der Waals surface area contributed by atoms with Gasteiger partial charge in [0.15, 0.2) is 0 Å². The average molecular weight is 243 g/mol. The molecule has 5 nitrogen and oxygen atoms in total. The van der Waals surface area contributed by atoms with Crippen molar-refractivity contribution >= 4 is 23.0 Å². The van der Waals surface area contributed by atoms with E-state index in [-0.39, 0.29) is 5.56 Å². The molecule has 0 fully saturated rings. The SMILES string of the molecule is O=C(O)c1ccccc1Nc1ccccc1N[O-]. The quantitative estimate of drug-likeness (QED) is 0.719. The van der Waals surface area contributed by atoms with Crippen LogP contribution in [0.4, 0.5) is 17.1 Å². The Morgan fingerprint density at radius 2 is 1.50 bits per heavy atom. The van der Waals surface area contributed by atoms with Crippen molar-refractivity contribution in [2.75, 3.05) is 10.8 Å². The van der Waals surface area contributed by atoms with E-state index in [9.17, 15) is 10.0 Å². The molecule has 3 N–H and O–H groups in total. The lowest BCUT2D eigenvalue weighted by Crippen LogP contribution is -2.03. The Labute approximate surface area is 104 Å². The predicted molar refractivity (Wildman–Crippen MR) is 70.1 cm³/mol. The summed E-state index contributed by atoms with van der Waals surface area (Å²) in [5, 5.41) is 22.7. The van der Waals surface area contributed by atoms with Gasteiger partial charge in [-0.25, -0.2) is 4.79 Å². The normalized spacial score (nSPS) is 9.83. The minimum absolute atomic E-state index is 0.151. The summed E-state index contributed by atoms with van der Waals surface area (Å²) < 4.78 is 0. The summed E-state index contributed by atoms with van der Waals surface area (Å²) in [5.41, 5.74) is 3.28. The number of hydrogen-bond donors (Lipinski definition) is 3. The van der Waals surface area contributed by atoms with Crippen LogP contribution in [0.1, 0.15) is 10.4 Å². The number of carboxylic acids is 1. The summed E-state index contributed by atoms with van der Waals surface area (Å²) in [5.74, 6) is -1.02. The maximum absolute atomic E-state index is 11.0. The zero-order valence-corrected chi connectivity index (χ0v) is 9.38. The fourth-order valence-corrected chi connectivity index (χ4v) is 1.60. The van der Waals surface area contributed by atoms with Gasteiger partial charge in [-0.15, -0.1) is 0 Å². The largest absolute Gasteiger partial charge is 0.761 e. The highest BCUT2D eigenvalue weighted by Crippen LogP contribution is 2.26. The molecule has 0 heterocycles. The number of para-hydroxylation sites is 3. The first-order valence-electron chi connectivity index (χ1n) is 5.29. The van der Waals surface area contributed by atoms with Gasteiger partial charge in [0.05, 0.1) is 16.9 Å². The minimum atomic E-state index is -1.02. The Bertz CT molecular complexity index is 570. The average Bonchev–Trinajstić information content (AvgIpc) is 2.40. The molecule has 0 aliphatic carbocycles. The van der Waals surface area contributed by atoms with Crippen LogP contribution in [0.3, 0.4) is 0 Å². The highest BCUT2D eigenvalue weighted by Gasteiger charge is 2.09. The highest BCUT2D eigenvalue weighted by atomic mass is 16.5. The van der Waals surface area contributed by atoms with Gasteiger partial charge in [0, 0.05) is 5.69 Å². The van der Waals surface area contributed by atoms with Crippen LogP contribution in [-0.4, -0.2) is 11.1 Å². The predicted octanol–water partition coefficient (Wildman–Crippen LogP) is 3.04. The smallest absolute Gasteiger partial charge is 0.337 e. The third kappa shape index (κ3) is 2.41. The molecule has 0 atom stereocenters. The van der Waals surface area contributed by atoms with E-state index >= 15 is 0 Å². The van der Waals surface area contributed by atoms with Crippen LogP contribution in [-0.2, 0) is 0 Å². The first kappa shape index (κ1) is 11.9. The standard InChI is InChI=1S/C13H11N2O3/c16-13(17)9-5-1-2-6-10(9)14-11-7-3-4-8-12(11)15-18/h1-8,14-15H,(H,16,17)/q-1. The molecule has 2 aromatic carbocycles. The van der Waals surface area contributed by atoms with E-state index in [2.05, 4.69) is 5.32 Å². The summed E-state index contributed by atoms with van der Waals surface area (Å²) in [6.07, 6.45) is 0. The summed E-state index contributed by atoms with van der Waals surface area (Å²) in [7, 11) is 0. The number of rotatable bonds is 4. The maximum Gasteiger partial charge on any atom is 0.337 e. The molecule has 0 aliphatic rings. The van der Waals surface area contributed by atoms with Crippen molar-refractivity contribution in [1.29, 1.82) is 0 Å². The lowest BCUT2D eigenvalue weighted by atomic mass is 10.1. The number of anilines is 3. The van der Waals surface area contributed by atoms with Crippen molar-refractivity contribution in [3.63, 3.8) is 0 Å². The monoisotopic (exact) mass is 243 g/mol. The van der Waals surface area contributed by atoms with E-state index in [4.69, 9.17) is 5.11 Å². The van der Waals surface area contributed by atoms with Gasteiger partial charge in [-0.3, -0.25) is 0 Å². The van der Waals surface area contributed by atoms with Crippen LogP contribution >= 0.6 is 0 Å². The summed E-state index contributed by atoms with van der Waals surface area (Å²) in [4.78, 5) is 11.0. The van der Waals surface area contributed by atoms with Gasteiger partial charge in [0.1, 0.15) is 0 Å². The van der Waals surface area contributed by atoms with Crippen LogP contribution in [0.2, 0.25) is 0 Å². The lowest BCUT2D eigenvalue weighted by molar-refractivity contribution is 0.0698. The van der Waals surface area contributed by atoms with E-state index in [1.165, 1.54) is 6.07 Å². The molecule has 2 rings (SSSR count). The molecule has 0 spiro atoms. The topological polar surface area (TPSA) is 84.4 Å². The molecule has 0 saturated heterocycles. The van der Waals surface area contributed by atoms with Crippen molar-refractivity contribution in [3.8, 4) is 0 Å². The third-order valence-corrected chi connectivity index (χ3v) is 2.46. The van der Waals surface area contributed by atoms with Crippen LogP contribution in [0.15, 0.2) is 48.5 Å². The van der Waals surface area contributed by atoms with Crippen LogP contribution in [0, 0.1) is 5.21 Å². The zero-order valence-electron chi connectivity index (χ0n) is 9.38. The first-order valence-corrected chi connectivity index (χ1v) is 5.29. The van der Waals surface area contributed by atoms with Gasteiger partial charge in [-0.05, 0) is 24.3 Å². The second-order valence-corrected chi connectivity index (χ2v) is 3.62. The third-order valence-electron chi connectivity index (χ3n) is 2.46. The molecule has 18 heavy (non-hydrogen) atoms. The van der Waals surface area contributed by atoms with E-state index in [1.54, 1.807) is 47.9 Å². The Balaban J connectivity index is 2.37. The molecule has 2 aromatic rings. The molecule has 0 aliphatic heterocycles. The summed E-state index contributed by atoms with van der Waals surface area (Å²) in [6, 6.07) is 13.3. The van der Waals surface area contributed by atoms with Crippen molar-refractivity contribution in [1.82, 2.24) is 0 Å². The Morgan fingerprint density at radius 3 is 2.11 bits per heavy atom. The molecule has 0 bridgehead atoms. The van der Waals surface area contributed by atoms with Crippen molar-refractivity contribution in [2.45, 2.75) is 0 Å². The summed E-state index contributed by atoms with van der Waals surface area (Å²) in [6.45, 7) is 0. The van der Waals surface area contributed by atoms with Crippen molar-refractivity contribution < 1.29 is 9.90 Å². The second kappa shape index (κ2) is 5.20. The number of benzene rings is 2. The number of aromatic carboxylic acids is 1. The Kier molecular flexibility index (Phi) is 3.45. The molecule has 0 unspecified atom stereocenters. The van der Waals surface area contributed by atoms with Gasteiger partial charge in [-0.2, -0.15) is 0 Å². The fourth-order valence-electron chi connectivity index (χ4n) is 1.60. The number of nitrogens with one attached hydrogen (secondary N) is 2. The van der Waals surface area contributed by atoms with Gasteiger partial charge < -0.3 is 21.1 Å². The number of hydrogen-bond acceptors (Lipinski definition) is 4. The van der Waals surface area contributed by atoms with Crippen LogP contribution in [0.25, 0.3) is 0 Å². The number of carboxylic acid groups (broad SMARTS) is 1. The highest BCUT2D eigenvalue weighted by molar-refractivity contribution is 5.95. The van der Waals surface area contributed by atoms with Gasteiger partial charge >= 0.3 is 5.97 Å². The van der Waals surface area contributed by atoms with Crippen LogP contribution < -0.4 is 10.8 Å². The lowest BCUT2D eigenvalue weighted by Gasteiger charge is -2.17. The van der Waals surface area contributed by atoms with Gasteiger partial charge in [0.2, 0.25) is 0 Å². The molecule has 0 aromatic heterocycles. The Morgan fingerprint density at radius 1 is 0.944 bits per heavy atom. The Hall–Kier alpha value is -2.53. The molecule has 92 valence electrons. The molecule has 5 heteroatoms. The summed E-state index contributed by atoms with van der Waals surface area (Å²) >= 11 is 0. The van der Waals surface area contributed by atoms with E-state index in [0.717, 1.165) is 0 Å². The number of carbonyl (C=O) groups is 1. The van der Waals surface area contributed by atoms with Crippen LogP contribution in [0.5, 0.6) is 0 Å². The van der Waals surface area contributed by atoms with E-state index in [0.29, 0.717) is 17.1 Å². The minimum Gasteiger partial charge on any atom is -0.761 e. The van der Waals surface area contributed by atoms with E-state index in [1.807, 2.05) is 0 Å². The zero-order chi connectivity index (χ0) is 13.0. The second-order valence-electron chi connectivity index (χ2n) is 3.62. The molecular weight excluding hydrogens is 232 g/mol. The molecule has 0 saturated carbocycles. The first-order chi connectivity index (χ1) is 8.72. The fraction of sp³-hybridized carbons (Fsp3) is 0. The molecule has 0 radical (unpaired) electrons. The van der Waals surface area contributed by atoms with Crippen molar-refractivity contribution in [2.24, 2.45) is 0 Å². The van der Waals surface area contributed by atoms with Gasteiger partial charge in [-0.1, -0.05) is 24.3 Å². The van der Waals surface area contributed by atoms with Crippen molar-refractivity contribution in [3.05, 3.63) is 59.3 Å².